The van der Waals surface area contributed by atoms with Gasteiger partial charge in [0.1, 0.15) is 0 Å². The normalized spacial score (nSPS) is 19.2. The van der Waals surface area contributed by atoms with Gasteiger partial charge in [-0.25, -0.2) is 0 Å². The van der Waals surface area contributed by atoms with Crippen molar-refractivity contribution in [3.63, 3.8) is 0 Å². The van der Waals surface area contributed by atoms with Crippen LogP contribution in [0.4, 0.5) is 0 Å². The molecule has 0 aromatic rings. The minimum atomic E-state index is 0. The van der Waals surface area contributed by atoms with Crippen LogP contribution in [0, 0.1) is 0 Å². The summed E-state index contributed by atoms with van der Waals surface area (Å²) in [6, 6.07) is 0. The summed E-state index contributed by atoms with van der Waals surface area (Å²) in [5, 5.41) is 0. The summed E-state index contributed by atoms with van der Waals surface area (Å²) in [7, 11) is 0. The van der Waals surface area contributed by atoms with Gasteiger partial charge in [-0.1, -0.05) is 25.7 Å². The molecule has 0 N–H and O–H groups in total. The van der Waals surface area contributed by atoms with Gasteiger partial charge < -0.3 is 0 Å². The molecule has 1 saturated carbocycles. The first kappa shape index (κ1) is 5.74. The molecule has 0 aromatic heterocycles. The Morgan fingerprint density at radius 2 is 0.800 bits per heavy atom. The van der Waals surface area contributed by atoms with E-state index >= 15 is 0 Å². The van der Waals surface area contributed by atoms with Gasteiger partial charge in [0.25, 0.3) is 0 Å². The number of hydrogen-bond donors (Lipinski definition) is 0. The zero-order valence-electron chi connectivity index (χ0n) is 3.13. The summed E-state index contributed by atoms with van der Waals surface area (Å²) < 4.78 is 0. The second kappa shape index (κ2) is 2.95. The fourth-order valence-corrected chi connectivity index (χ4v) is 0.250. The predicted molar refractivity (Wildman–Crippen MR) is 18.5 cm³/mol. The van der Waals surface area contributed by atoms with Crippen LogP contribution in [-0.4, -0.2) is 0 Å². The zero-order chi connectivity index (χ0) is 2.83. The summed E-state index contributed by atoms with van der Waals surface area (Å²) in [6.45, 7) is 0. The quantitative estimate of drug-likeness (QED) is 0.476. The van der Waals surface area contributed by atoms with Crippen molar-refractivity contribution in [3.05, 3.63) is 0 Å². The molecule has 1 aliphatic rings. The minimum absolute atomic E-state index is 0. The van der Waals surface area contributed by atoms with Gasteiger partial charge in [0.15, 0.2) is 0 Å². The van der Waals surface area contributed by atoms with Crippen molar-refractivity contribution in [2.24, 2.45) is 0 Å². The number of hydrogen-bond acceptors (Lipinski definition) is 0. The Bertz CT molecular complexity index is 11.6. The van der Waals surface area contributed by atoms with E-state index in [2.05, 4.69) is 0 Å². The molecule has 0 heterocycles. The average Bonchev–Trinajstić information content (AvgIpc) is 0.722. The van der Waals surface area contributed by atoms with Gasteiger partial charge in [-0.15, -0.1) is 0 Å². The van der Waals surface area contributed by atoms with E-state index < -0.39 is 0 Å². The maximum atomic E-state index is 1.50. The van der Waals surface area contributed by atoms with Crippen LogP contribution in [0.2, 0.25) is 0 Å². The Balaban J connectivity index is 0.000000160. The summed E-state index contributed by atoms with van der Waals surface area (Å²) in [4.78, 5) is 0. The number of rotatable bonds is 0. The first-order valence-electron chi connectivity index (χ1n) is 2.00. The second-order valence-corrected chi connectivity index (χ2v) is 1.41. The van der Waals surface area contributed by atoms with Crippen LogP contribution in [0.25, 0.3) is 0 Å². The molecule has 1 heteroatoms. The van der Waals surface area contributed by atoms with Crippen LogP contribution in [-0.2, 0) is 22.4 Å². The van der Waals surface area contributed by atoms with Gasteiger partial charge in [-0.3, -0.25) is 0 Å². The zero-order valence-corrected chi connectivity index (χ0v) is 4.61. The maximum Gasteiger partial charge on any atom is 0 e. The Hall–Kier alpha value is 0.740. The molecule has 0 bridgehead atoms. The summed E-state index contributed by atoms with van der Waals surface area (Å²) in [6.07, 6.45) is 6.00. The van der Waals surface area contributed by atoms with Gasteiger partial charge in [-0.2, -0.15) is 0 Å². The van der Waals surface area contributed by atoms with E-state index in [1.54, 1.807) is 0 Å². The van der Waals surface area contributed by atoms with Crippen molar-refractivity contribution in [3.8, 4) is 0 Å². The second-order valence-electron chi connectivity index (χ2n) is 1.41. The average molecular weight is 164 g/mol. The van der Waals surface area contributed by atoms with E-state index in [1.807, 2.05) is 0 Å². The molecule has 1 radical (unpaired) electrons. The van der Waals surface area contributed by atoms with E-state index in [0.29, 0.717) is 0 Å². The Labute approximate surface area is 48.5 Å². The third-order valence-electron chi connectivity index (χ3n) is 1.000. The largest absolute Gasteiger partial charge is 0.0533 e. The van der Waals surface area contributed by atoms with Crippen LogP contribution in [0.1, 0.15) is 25.7 Å². The molecule has 0 atom stereocenters. The summed E-state index contributed by atoms with van der Waals surface area (Å²) in [5.41, 5.74) is 0. The fraction of sp³-hybridized carbons (Fsp3) is 1.00. The SMILES string of the molecule is C1CCC1.[Ag]. The third-order valence-corrected chi connectivity index (χ3v) is 1.000. The molecule has 5 heavy (non-hydrogen) atoms. The molecule has 1 rings (SSSR count). The van der Waals surface area contributed by atoms with Crippen molar-refractivity contribution in [1.29, 1.82) is 0 Å². The fourth-order valence-electron chi connectivity index (χ4n) is 0.250. The van der Waals surface area contributed by atoms with Crippen LogP contribution >= 0.6 is 0 Å². The third kappa shape index (κ3) is 1.58. The Morgan fingerprint density at radius 3 is 0.800 bits per heavy atom. The molecule has 0 spiro atoms. The van der Waals surface area contributed by atoms with Crippen LogP contribution < -0.4 is 0 Å². The molecule has 0 aliphatic heterocycles. The molecule has 0 saturated heterocycles. The van der Waals surface area contributed by atoms with Gasteiger partial charge in [-0.05, 0) is 0 Å². The smallest absolute Gasteiger partial charge is 0 e. The van der Waals surface area contributed by atoms with E-state index in [1.165, 1.54) is 25.7 Å². The Morgan fingerprint density at radius 1 is 0.600 bits per heavy atom. The van der Waals surface area contributed by atoms with Crippen molar-refractivity contribution in [2.45, 2.75) is 25.7 Å². The molecular formula is C4H8Ag. The monoisotopic (exact) mass is 163 g/mol. The molecule has 35 valence electrons. The predicted octanol–water partition coefficient (Wildman–Crippen LogP) is 1.56. The van der Waals surface area contributed by atoms with Crippen molar-refractivity contribution < 1.29 is 22.4 Å². The molecule has 0 nitrogen and oxygen atoms in total. The molecule has 0 unspecified atom stereocenters. The first-order valence-corrected chi connectivity index (χ1v) is 2.00. The van der Waals surface area contributed by atoms with Gasteiger partial charge in [0.05, 0.1) is 0 Å². The summed E-state index contributed by atoms with van der Waals surface area (Å²) >= 11 is 0. The van der Waals surface area contributed by atoms with E-state index in [-0.39, 0.29) is 22.4 Å². The van der Waals surface area contributed by atoms with E-state index in [0.717, 1.165) is 0 Å². The van der Waals surface area contributed by atoms with E-state index in [9.17, 15) is 0 Å². The van der Waals surface area contributed by atoms with Gasteiger partial charge in [0, 0.05) is 22.4 Å². The van der Waals surface area contributed by atoms with Crippen LogP contribution in [0.5, 0.6) is 0 Å². The maximum absolute atomic E-state index is 1.50. The van der Waals surface area contributed by atoms with E-state index in [4.69, 9.17) is 0 Å². The molecular weight excluding hydrogens is 156 g/mol. The molecule has 1 aliphatic carbocycles. The minimum Gasteiger partial charge on any atom is -0.0533 e. The van der Waals surface area contributed by atoms with Crippen LogP contribution in [0.3, 0.4) is 0 Å². The molecule has 0 amide bonds. The summed E-state index contributed by atoms with van der Waals surface area (Å²) in [5.74, 6) is 0. The van der Waals surface area contributed by atoms with Gasteiger partial charge in [0.2, 0.25) is 0 Å². The Kier molecular flexibility index (Phi) is 3.39. The molecule has 1 fully saturated rings. The van der Waals surface area contributed by atoms with Crippen molar-refractivity contribution in [1.82, 2.24) is 0 Å². The standard InChI is InChI=1S/C4H8.Ag/c1-2-4-3-1;/h1-4H2;. The van der Waals surface area contributed by atoms with Crippen LogP contribution in [0.15, 0.2) is 0 Å². The first-order chi connectivity index (χ1) is 2.00. The van der Waals surface area contributed by atoms with Gasteiger partial charge >= 0.3 is 0 Å². The topological polar surface area (TPSA) is 0 Å². The van der Waals surface area contributed by atoms with Crippen molar-refractivity contribution in [2.75, 3.05) is 0 Å². The molecule has 0 aromatic carbocycles. The van der Waals surface area contributed by atoms with Crippen molar-refractivity contribution >= 4 is 0 Å².